The minimum Gasteiger partial charge on any atom is -0.191 e. The van der Waals surface area contributed by atoms with Crippen LogP contribution in [-0.4, -0.2) is 26.3 Å². The van der Waals surface area contributed by atoms with E-state index in [1.54, 1.807) is 17.8 Å². The Bertz CT molecular complexity index is 717. The highest BCUT2D eigenvalue weighted by Gasteiger charge is 2.19. The van der Waals surface area contributed by atoms with Crippen molar-refractivity contribution in [3.63, 3.8) is 0 Å². The zero-order valence-corrected chi connectivity index (χ0v) is 16.7. The molecule has 1 aromatic carbocycles. The molecule has 8 heteroatoms. The van der Waals surface area contributed by atoms with Crippen molar-refractivity contribution < 1.29 is 0 Å². The van der Waals surface area contributed by atoms with Crippen molar-refractivity contribution in [2.75, 3.05) is 5.75 Å². The van der Waals surface area contributed by atoms with E-state index in [1.807, 2.05) is 16.8 Å². The number of aromatic nitrogens is 3. The topological polar surface area (TPSA) is 43.1 Å². The van der Waals surface area contributed by atoms with E-state index in [9.17, 15) is 0 Å². The Hall–Kier alpha value is -0.560. The Morgan fingerprint density at radius 2 is 2.00 bits per heavy atom. The van der Waals surface area contributed by atoms with Crippen molar-refractivity contribution in [2.45, 2.75) is 37.8 Å². The molecule has 0 spiro atoms. The molecule has 0 saturated carbocycles. The maximum Gasteiger partial charge on any atom is 0.212 e. The van der Waals surface area contributed by atoms with E-state index in [1.165, 1.54) is 12.8 Å². The summed E-state index contributed by atoms with van der Waals surface area (Å²) >= 11 is 13.7. The van der Waals surface area contributed by atoms with Gasteiger partial charge in [-0.2, -0.15) is 9.78 Å². The average molecular weight is 436 g/mol. The molecular weight excluding hydrogens is 419 g/mol. The predicted octanol–water partition coefficient (Wildman–Crippen LogP) is 5.25. The SMILES string of the molecule is Br.CCCCCc1nnc2n1N=C(c1ccc(Cl)c(Cl)c1)CS2. The minimum atomic E-state index is 0. The van der Waals surface area contributed by atoms with Crippen LogP contribution in [0.2, 0.25) is 10.0 Å². The smallest absolute Gasteiger partial charge is 0.191 e. The summed E-state index contributed by atoms with van der Waals surface area (Å²) < 4.78 is 1.86. The van der Waals surface area contributed by atoms with Crippen LogP contribution >= 0.6 is 51.9 Å². The van der Waals surface area contributed by atoms with E-state index in [-0.39, 0.29) is 17.0 Å². The van der Waals surface area contributed by atoms with Crippen molar-refractivity contribution in [1.29, 1.82) is 0 Å². The number of unbranched alkanes of at least 4 members (excludes halogenated alkanes) is 2. The quantitative estimate of drug-likeness (QED) is 0.602. The molecule has 0 bridgehead atoms. The summed E-state index contributed by atoms with van der Waals surface area (Å²) in [5.41, 5.74) is 1.95. The highest BCUT2D eigenvalue weighted by Crippen LogP contribution is 2.27. The lowest BCUT2D eigenvalue weighted by molar-refractivity contribution is 0.647. The Morgan fingerprint density at radius 3 is 2.74 bits per heavy atom. The number of nitrogens with zero attached hydrogens (tertiary/aromatic N) is 4. The lowest BCUT2D eigenvalue weighted by Gasteiger charge is -2.14. The largest absolute Gasteiger partial charge is 0.212 e. The predicted molar refractivity (Wildman–Crippen MR) is 103 cm³/mol. The zero-order chi connectivity index (χ0) is 15.5. The molecule has 0 aliphatic carbocycles. The monoisotopic (exact) mass is 434 g/mol. The second kappa shape index (κ2) is 8.51. The van der Waals surface area contributed by atoms with Crippen LogP contribution in [-0.2, 0) is 6.42 Å². The second-order valence-corrected chi connectivity index (χ2v) is 6.89. The number of hydrogen-bond acceptors (Lipinski definition) is 4. The number of thioether (sulfide) groups is 1. The van der Waals surface area contributed by atoms with Crippen LogP contribution in [0.4, 0.5) is 0 Å². The summed E-state index contributed by atoms with van der Waals surface area (Å²) in [6.07, 6.45) is 4.39. The van der Waals surface area contributed by atoms with Crippen molar-refractivity contribution in [1.82, 2.24) is 14.9 Å². The van der Waals surface area contributed by atoms with Gasteiger partial charge in [0.25, 0.3) is 0 Å². The summed E-state index contributed by atoms with van der Waals surface area (Å²) in [5.74, 6) is 1.68. The molecule has 124 valence electrons. The molecule has 0 radical (unpaired) electrons. The number of rotatable bonds is 5. The van der Waals surface area contributed by atoms with Gasteiger partial charge in [-0.25, -0.2) is 0 Å². The number of halogens is 3. The van der Waals surface area contributed by atoms with E-state index in [4.69, 9.17) is 28.3 Å². The van der Waals surface area contributed by atoms with Gasteiger partial charge in [-0.05, 0) is 18.6 Å². The maximum absolute atomic E-state index is 6.10. The Balaban J connectivity index is 0.00000192. The highest BCUT2D eigenvalue weighted by molar-refractivity contribution is 8.93. The van der Waals surface area contributed by atoms with Gasteiger partial charge in [0.15, 0.2) is 5.82 Å². The lowest BCUT2D eigenvalue weighted by Crippen LogP contribution is -2.14. The Kier molecular flexibility index (Phi) is 6.95. The normalized spacial score (nSPS) is 13.3. The third kappa shape index (κ3) is 4.29. The minimum absolute atomic E-state index is 0. The number of fused-ring (bicyclic) bond motifs is 1. The number of aryl methyl sites for hydroxylation is 1. The molecule has 0 fully saturated rings. The fourth-order valence-electron chi connectivity index (χ4n) is 2.27. The summed E-state index contributed by atoms with van der Waals surface area (Å²) in [4.78, 5) is 0. The second-order valence-electron chi connectivity index (χ2n) is 5.13. The van der Waals surface area contributed by atoms with Crippen molar-refractivity contribution in [2.24, 2.45) is 5.10 Å². The van der Waals surface area contributed by atoms with Crippen LogP contribution in [0.3, 0.4) is 0 Å². The molecule has 4 nitrogen and oxygen atoms in total. The fourth-order valence-corrected chi connectivity index (χ4v) is 3.43. The molecular formula is C15H17BrCl2N4S. The molecule has 2 heterocycles. The van der Waals surface area contributed by atoms with Gasteiger partial charge < -0.3 is 0 Å². The molecule has 3 rings (SSSR count). The Labute approximate surface area is 160 Å². The first-order chi connectivity index (χ1) is 10.7. The molecule has 0 atom stereocenters. The molecule has 0 N–H and O–H groups in total. The van der Waals surface area contributed by atoms with Crippen molar-refractivity contribution >= 4 is 57.7 Å². The average Bonchev–Trinajstić information content (AvgIpc) is 2.93. The van der Waals surface area contributed by atoms with Gasteiger partial charge in [-0.1, -0.05) is 60.8 Å². The fraction of sp³-hybridized carbons (Fsp3) is 0.400. The molecule has 0 unspecified atom stereocenters. The van der Waals surface area contributed by atoms with Gasteiger partial charge in [0.1, 0.15) is 0 Å². The van der Waals surface area contributed by atoms with Gasteiger partial charge in [0.05, 0.1) is 15.8 Å². The maximum atomic E-state index is 6.10. The molecule has 1 aromatic heterocycles. The van der Waals surface area contributed by atoms with Gasteiger partial charge in [0.2, 0.25) is 5.16 Å². The van der Waals surface area contributed by atoms with Gasteiger partial charge in [-0.15, -0.1) is 27.2 Å². The molecule has 1 aliphatic heterocycles. The van der Waals surface area contributed by atoms with Gasteiger partial charge in [-0.3, -0.25) is 0 Å². The summed E-state index contributed by atoms with van der Waals surface area (Å²) in [6.45, 7) is 2.19. The van der Waals surface area contributed by atoms with E-state index in [0.717, 1.165) is 40.9 Å². The summed E-state index contributed by atoms with van der Waals surface area (Å²) in [6, 6.07) is 5.60. The van der Waals surface area contributed by atoms with E-state index < -0.39 is 0 Å². The Morgan fingerprint density at radius 1 is 1.17 bits per heavy atom. The van der Waals surface area contributed by atoms with Crippen LogP contribution in [0.5, 0.6) is 0 Å². The molecule has 23 heavy (non-hydrogen) atoms. The first-order valence-electron chi connectivity index (χ1n) is 7.29. The highest BCUT2D eigenvalue weighted by atomic mass is 79.9. The lowest BCUT2D eigenvalue weighted by atomic mass is 10.1. The third-order valence-electron chi connectivity index (χ3n) is 3.49. The van der Waals surface area contributed by atoms with E-state index in [2.05, 4.69) is 17.1 Å². The van der Waals surface area contributed by atoms with Crippen LogP contribution in [0.25, 0.3) is 0 Å². The zero-order valence-electron chi connectivity index (χ0n) is 12.6. The van der Waals surface area contributed by atoms with Crippen LogP contribution in [0, 0.1) is 0 Å². The first-order valence-corrected chi connectivity index (χ1v) is 9.03. The van der Waals surface area contributed by atoms with Gasteiger partial charge in [0, 0.05) is 17.7 Å². The summed E-state index contributed by atoms with van der Waals surface area (Å²) in [7, 11) is 0. The molecule has 0 amide bonds. The van der Waals surface area contributed by atoms with Gasteiger partial charge >= 0.3 is 0 Å². The number of hydrogen-bond donors (Lipinski definition) is 0. The first kappa shape index (κ1) is 18.8. The van der Waals surface area contributed by atoms with E-state index in [0.29, 0.717) is 10.0 Å². The van der Waals surface area contributed by atoms with Crippen LogP contribution in [0.15, 0.2) is 28.5 Å². The number of benzene rings is 1. The molecule has 2 aromatic rings. The molecule has 1 aliphatic rings. The molecule has 0 saturated heterocycles. The standard InChI is InChI=1S/C15H16Cl2N4S.BrH/c1-2-3-4-5-14-18-19-15-21(14)20-13(9-22-15)10-6-7-11(16)12(17)8-10;/h6-8H,2-5,9H2,1H3;1H. The van der Waals surface area contributed by atoms with Crippen molar-refractivity contribution in [3.05, 3.63) is 39.6 Å². The van der Waals surface area contributed by atoms with Crippen LogP contribution < -0.4 is 0 Å². The summed E-state index contributed by atoms with van der Waals surface area (Å²) in [5, 5.41) is 15.2. The van der Waals surface area contributed by atoms with Crippen molar-refractivity contribution in [3.8, 4) is 0 Å². The van der Waals surface area contributed by atoms with Crippen LogP contribution in [0.1, 0.15) is 37.6 Å². The third-order valence-corrected chi connectivity index (χ3v) is 5.16. The van der Waals surface area contributed by atoms with E-state index >= 15 is 0 Å².